The number of alkyl halides is 3. The SMILES string of the molecule is CC(C)(C)c1cc(CC(=O)[C@@H]2CCC(=O)N2c2ccc(C(F)(F)F)c(F)n2)on1.CC(C)(C)c1cc(NC(=O)[C@@H]2CCC(=O)N2c2cc(F)cc(F)c2)no1.CC(C)(C)c1cc(NC(=O)[C@@H]2CCC(=O)N2c2cc(F)cc(F)c2)on1.CC(C)(C)c1cc(NC(=O)[C@@H]2CCC(=O)N2c2ccc(F)c(Cl)c2)no1.CC(C)(C)c1cc(NC(=O)[C@@H]2CCC(=O)N2c2ccc(F)c(Cl)c2)on1. The van der Waals surface area contributed by atoms with E-state index in [1.54, 1.807) is 30.3 Å². The van der Waals surface area contributed by atoms with Crippen molar-refractivity contribution in [2.45, 2.75) is 238 Å². The van der Waals surface area contributed by atoms with Crippen LogP contribution in [0.4, 0.5) is 95.9 Å². The molecule has 15 rings (SSSR count). The first-order valence-electron chi connectivity index (χ1n) is 41.8. The highest BCUT2D eigenvalue weighted by molar-refractivity contribution is 6.31. The largest absolute Gasteiger partial charge is 0.420 e. The number of benzene rings is 4. The quantitative estimate of drug-likeness (QED) is 0.0515. The second-order valence-electron chi connectivity index (χ2n) is 36.9. The molecule has 0 saturated carbocycles. The van der Waals surface area contributed by atoms with Crippen LogP contribution in [0.5, 0.6) is 0 Å². The van der Waals surface area contributed by atoms with Crippen molar-refractivity contribution in [3.63, 3.8) is 0 Å². The average Bonchev–Trinajstić information content (AvgIpc) is 1.71. The van der Waals surface area contributed by atoms with Crippen molar-refractivity contribution in [2.24, 2.45) is 0 Å². The van der Waals surface area contributed by atoms with Crippen molar-refractivity contribution in [1.29, 1.82) is 0 Å². The molecule has 30 nitrogen and oxygen atoms in total. The van der Waals surface area contributed by atoms with Crippen LogP contribution in [0.1, 0.15) is 208 Å². The molecule has 133 heavy (non-hydrogen) atoms. The second-order valence-corrected chi connectivity index (χ2v) is 37.7. The monoisotopic (exact) mass is 1900 g/mol. The summed E-state index contributed by atoms with van der Waals surface area (Å²) in [5.41, 5.74) is 0.0336. The fraction of sp³-hybridized carbons (Fsp3) is 0.407. The maximum atomic E-state index is 13.8. The van der Waals surface area contributed by atoms with Crippen LogP contribution in [0, 0.1) is 40.9 Å². The molecule has 5 saturated heterocycles. The van der Waals surface area contributed by atoms with Crippen LogP contribution in [-0.4, -0.2) is 120 Å². The van der Waals surface area contributed by atoms with E-state index in [4.69, 9.17) is 45.8 Å². The third kappa shape index (κ3) is 24.8. The van der Waals surface area contributed by atoms with E-state index in [2.05, 4.69) is 52.0 Å². The van der Waals surface area contributed by atoms with Gasteiger partial charge in [-0.15, -0.1) is 0 Å². The lowest BCUT2D eigenvalue weighted by Gasteiger charge is -2.24. The van der Waals surface area contributed by atoms with E-state index in [-0.39, 0.29) is 165 Å². The summed E-state index contributed by atoms with van der Waals surface area (Å²) in [5.74, 6) is -7.93. The zero-order valence-corrected chi connectivity index (χ0v) is 76.2. The molecule has 0 radical (unpaired) electrons. The Bertz CT molecular complexity index is 5730. The van der Waals surface area contributed by atoms with Gasteiger partial charge in [-0.3, -0.25) is 83.1 Å². The molecule has 0 unspecified atom stereocenters. The van der Waals surface area contributed by atoms with Crippen molar-refractivity contribution in [2.75, 3.05) is 45.8 Å². The highest BCUT2D eigenvalue weighted by atomic mass is 35.5. The summed E-state index contributed by atoms with van der Waals surface area (Å²) < 4.78 is 159. The normalized spacial score (nSPS) is 17.7. The van der Waals surface area contributed by atoms with E-state index in [0.29, 0.717) is 76.8 Å². The molecule has 0 bridgehead atoms. The summed E-state index contributed by atoms with van der Waals surface area (Å²) in [4.78, 5) is 133. The molecule has 10 aromatic rings. The van der Waals surface area contributed by atoms with E-state index in [9.17, 15) is 91.8 Å². The number of pyridine rings is 1. The van der Waals surface area contributed by atoms with Crippen LogP contribution in [-0.2, 0) is 87.6 Å². The van der Waals surface area contributed by atoms with Gasteiger partial charge in [-0.05, 0) is 105 Å². The minimum atomic E-state index is -4.91. The third-order valence-electron chi connectivity index (χ3n) is 21.4. The molecule has 5 fully saturated rings. The lowest BCUT2D eigenvalue weighted by molar-refractivity contribution is -0.140. The molecule has 5 atom stereocenters. The number of amides is 9. The molecule has 5 aliphatic rings. The number of nitrogens with one attached hydrogen (secondary N) is 4. The summed E-state index contributed by atoms with van der Waals surface area (Å²) in [7, 11) is 0. The number of anilines is 9. The Morgan fingerprint density at radius 3 is 1.02 bits per heavy atom. The lowest BCUT2D eigenvalue weighted by atomic mass is 9.92. The van der Waals surface area contributed by atoms with Crippen LogP contribution in [0.15, 0.2) is 138 Å². The summed E-state index contributed by atoms with van der Waals surface area (Å²) in [6, 6.07) is 18.8. The molecule has 11 heterocycles. The Balaban J connectivity index is 0.000000160. The van der Waals surface area contributed by atoms with Crippen molar-refractivity contribution >= 4 is 134 Å². The Morgan fingerprint density at radius 1 is 0.368 bits per heavy atom. The number of carbonyl (C=O) groups excluding carboxylic acids is 10. The van der Waals surface area contributed by atoms with Crippen molar-refractivity contribution < 1.29 is 114 Å². The lowest BCUT2D eigenvalue weighted by Crippen LogP contribution is -2.42. The highest BCUT2D eigenvalue weighted by Gasteiger charge is 2.45. The van der Waals surface area contributed by atoms with Crippen molar-refractivity contribution in [3.05, 3.63) is 206 Å². The van der Waals surface area contributed by atoms with Crippen molar-refractivity contribution in [1.82, 2.24) is 30.8 Å². The number of nitrogens with zero attached hydrogens (tertiary/aromatic N) is 11. The molecule has 6 aromatic heterocycles. The van der Waals surface area contributed by atoms with E-state index >= 15 is 0 Å². The van der Waals surface area contributed by atoms with Crippen LogP contribution in [0.3, 0.4) is 0 Å². The fourth-order valence-electron chi connectivity index (χ4n) is 14.3. The van der Waals surface area contributed by atoms with Gasteiger partial charge in [0.25, 0.3) is 0 Å². The standard InChI is InChI=1S/C19H19F4N3O3.2C18H19ClFN3O3.2C18H19F2N3O3/c1-18(2,3)14-9-10(29-25-14)8-13(27)12-5-7-16(28)26(12)15-6-4-11(17(20)24-15)19(21,22)23;1-18(2,3)14-9-15(22-26-14)21-17(25)13-6-7-16(24)23(13)10-4-5-12(20)11(19)8-10;1-18(2,3)14-9-15(26-22-14)21-17(25)13-6-7-16(24)23(13)10-4-5-12(20)11(19)8-10;1-18(2,3)14-9-15(22-26-14)21-17(25)13-4-5-16(24)23(13)12-7-10(19)6-11(20)8-12;1-18(2,3)14-9-15(26-22-14)21-17(25)13-4-5-16(24)23(13)12-7-10(19)6-11(20)8-12/h4,6,9,12H,5,7-8H2,1-3H3;4-5,8-9,13H,6-7H2,1-3H3,(H,21,22,25);4-5,8-9,13H,6-7H2,1-3H3,(H,21,25);6-9,13H,4-5H2,1-3H3,(H,21,22,25);6-9,13H,4-5H2,1-3H3,(H,21,25)/t12-;4*13-/m00000/s1. The molecule has 5 aliphatic heterocycles. The molecule has 0 aliphatic carbocycles. The summed E-state index contributed by atoms with van der Waals surface area (Å²) >= 11 is 11.6. The molecular formula is C91H95Cl2F10N15O15. The minimum absolute atomic E-state index is 0.00434. The van der Waals surface area contributed by atoms with Gasteiger partial charge in [0.15, 0.2) is 17.4 Å². The average molecular weight is 1900 g/mol. The third-order valence-corrected chi connectivity index (χ3v) is 21.9. The maximum Gasteiger partial charge on any atom is 0.420 e. The fourth-order valence-corrected chi connectivity index (χ4v) is 14.7. The molecule has 42 heteroatoms. The second kappa shape index (κ2) is 40.1. The van der Waals surface area contributed by atoms with Gasteiger partial charge in [-0.25, -0.2) is 31.3 Å². The van der Waals surface area contributed by atoms with Crippen molar-refractivity contribution in [3.8, 4) is 0 Å². The van der Waals surface area contributed by atoms with Gasteiger partial charge in [0, 0.05) is 113 Å². The highest BCUT2D eigenvalue weighted by Crippen LogP contribution is 2.40. The smallest absolute Gasteiger partial charge is 0.361 e. The molecule has 0 spiro atoms. The number of ketones is 1. The Kier molecular flexibility index (Phi) is 30.3. The van der Waals surface area contributed by atoms with Crippen LogP contribution >= 0.6 is 23.2 Å². The first-order valence-corrected chi connectivity index (χ1v) is 42.5. The number of halogens is 12. The van der Waals surface area contributed by atoms with Gasteiger partial charge >= 0.3 is 6.18 Å². The Hall–Kier alpha value is -13.1. The van der Waals surface area contributed by atoms with Gasteiger partial charge in [-0.1, -0.05) is 153 Å². The molecule has 9 amide bonds. The Morgan fingerprint density at radius 2 is 0.699 bits per heavy atom. The number of carbonyl (C=O) groups is 10. The number of hydrogen-bond donors (Lipinski definition) is 4. The number of Topliss-reactive ketones (excluding diaryl/α,β-unsaturated/α-hetero) is 1. The summed E-state index contributed by atoms with van der Waals surface area (Å²) in [5, 5.41) is 29.8. The van der Waals surface area contributed by atoms with E-state index in [0.717, 1.165) is 45.0 Å². The number of aromatic nitrogens is 6. The molecule has 708 valence electrons. The zero-order chi connectivity index (χ0) is 97.8. The van der Waals surface area contributed by atoms with Gasteiger partial charge in [0.05, 0.1) is 51.0 Å². The number of hydrogen-bond acceptors (Lipinski definition) is 21. The van der Waals surface area contributed by atoms with Crippen LogP contribution < -0.4 is 45.8 Å². The topological polar surface area (TPSA) is 378 Å². The molecular weight excluding hydrogens is 1800 g/mol. The minimum Gasteiger partial charge on any atom is -0.361 e. The molecule has 4 aromatic carbocycles. The predicted octanol–water partition coefficient (Wildman–Crippen LogP) is 18.4. The maximum absolute atomic E-state index is 13.8. The van der Waals surface area contributed by atoms with E-state index in [1.165, 1.54) is 46.2 Å². The summed E-state index contributed by atoms with van der Waals surface area (Å²) in [6.07, 6.45) is -3.05. The molecule has 4 N–H and O–H groups in total. The first-order chi connectivity index (χ1) is 62.0. The van der Waals surface area contributed by atoms with Crippen LogP contribution in [0.25, 0.3) is 0 Å². The van der Waals surface area contributed by atoms with Gasteiger partial charge < -0.3 is 33.2 Å². The van der Waals surface area contributed by atoms with Gasteiger partial charge in [0.2, 0.25) is 70.9 Å². The van der Waals surface area contributed by atoms with Crippen LogP contribution in [0.2, 0.25) is 10.0 Å². The van der Waals surface area contributed by atoms with Gasteiger partial charge in [0.1, 0.15) is 87.7 Å². The van der Waals surface area contributed by atoms with E-state index < -0.39 is 112 Å². The zero-order valence-electron chi connectivity index (χ0n) is 74.7. The summed E-state index contributed by atoms with van der Waals surface area (Å²) in [6.45, 7) is 29.3. The van der Waals surface area contributed by atoms with Gasteiger partial charge in [-0.2, -0.15) is 17.6 Å². The first kappa shape index (κ1) is 100. The van der Waals surface area contributed by atoms with E-state index in [1.807, 2.05) is 104 Å². The predicted molar refractivity (Wildman–Crippen MR) is 467 cm³/mol. The Labute approximate surface area is 765 Å². The number of rotatable bonds is 16.